The van der Waals surface area contributed by atoms with Gasteiger partial charge in [-0.15, -0.1) is 0 Å². The smallest absolute Gasteiger partial charge is 0.208 e. The van der Waals surface area contributed by atoms with Crippen molar-refractivity contribution < 1.29 is 4.53 Å². The van der Waals surface area contributed by atoms with Crippen LogP contribution in [0.1, 0.15) is 5.56 Å². The van der Waals surface area contributed by atoms with E-state index in [0.717, 1.165) is 5.69 Å². The van der Waals surface area contributed by atoms with Crippen molar-refractivity contribution in [1.29, 1.82) is 0 Å². The average Bonchev–Trinajstić information content (AvgIpc) is 2.03. The highest BCUT2D eigenvalue weighted by Crippen LogP contribution is 2.08. The van der Waals surface area contributed by atoms with Crippen molar-refractivity contribution in [3.05, 3.63) is 29.8 Å². The Balaban J connectivity index is 2.48. The summed E-state index contributed by atoms with van der Waals surface area (Å²) in [5.41, 5.74) is 5.23. The number of anilines is 1. The summed E-state index contributed by atoms with van der Waals surface area (Å²) in [5, 5.41) is 0. The van der Waals surface area contributed by atoms with Gasteiger partial charge in [-0.2, -0.15) is 0 Å². The molecule has 0 atom stereocenters. The van der Waals surface area contributed by atoms with E-state index in [1.807, 2.05) is 12.1 Å². The minimum atomic E-state index is -0.964. The maximum absolute atomic E-state index is 5.36. The highest BCUT2D eigenvalue weighted by atomic mass is 28.3. The molecule has 1 N–H and O–H groups in total. The quantitative estimate of drug-likeness (QED) is 0.571. The molecule has 0 unspecified atom stereocenters. The molecule has 3 heteroatoms. The molecule has 0 saturated carbocycles. The minimum absolute atomic E-state index is 0.964. The molecule has 0 fully saturated rings. The van der Waals surface area contributed by atoms with Crippen molar-refractivity contribution in [2.75, 3.05) is 5.48 Å². The van der Waals surface area contributed by atoms with E-state index < -0.39 is 9.04 Å². The molecule has 0 aliphatic heterocycles. The summed E-state index contributed by atoms with van der Waals surface area (Å²) < 4.78 is 5.36. The normalized spacial score (nSPS) is 10.3. The third-order valence-corrected chi connectivity index (χ3v) is 2.05. The molecule has 1 rings (SSSR count). The molecule has 0 aromatic heterocycles. The predicted octanol–water partition coefficient (Wildman–Crippen LogP) is 2.32. The topological polar surface area (TPSA) is 21.3 Å². The molecule has 1 aromatic rings. The molecular formula is C9H15NOSi. The van der Waals surface area contributed by atoms with Crippen LogP contribution in [-0.4, -0.2) is 9.04 Å². The third kappa shape index (κ3) is 3.07. The van der Waals surface area contributed by atoms with Crippen molar-refractivity contribution in [3.63, 3.8) is 0 Å². The monoisotopic (exact) mass is 181 g/mol. The maximum Gasteiger partial charge on any atom is 0.208 e. The summed E-state index contributed by atoms with van der Waals surface area (Å²) >= 11 is 0. The van der Waals surface area contributed by atoms with Crippen molar-refractivity contribution >= 4 is 14.7 Å². The fourth-order valence-electron chi connectivity index (χ4n) is 0.807. The summed E-state index contributed by atoms with van der Waals surface area (Å²) in [5.74, 6) is 0. The predicted molar refractivity (Wildman–Crippen MR) is 54.8 cm³/mol. The Bertz CT molecular complexity index is 233. The van der Waals surface area contributed by atoms with Gasteiger partial charge in [0.2, 0.25) is 9.04 Å². The second-order valence-corrected chi connectivity index (χ2v) is 5.47. The molecular weight excluding hydrogens is 166 g/mol. The van der Waals surface area contributed by atoms with Gasteiger partial charge in [-0.05, 0) is 32.2 Å². The zero-order valence-electron chi connectivity index (χ0n) is 7.79. The van der Waals surface area contributed by atoms with Crippen LogP contribution in [0.25, 0.3) is 0 Å². The summed E-state index contributed by atoms with van der Waals surface area (Å²) in [6.07, 6.45) is 0. The molecule has 0 heterocycles. The zero-order valence-corrected chi connectivity index (χ0v) is 8.95. The summed E-state index contributed by atoms with van der Waals surface area (Å²) in [4.78, 5) is 0. The Hall–Kier alpha value is -0.803. The molecule has 0 spiro atoms. The number of aryl methyl sites for hydroxylation is 1. The molecule has 12 heavy (non-hydrogen) atoms. The molecule has 2 nitrogen and oxygen atoms in total. The van der Waals surface area contributed by atoms with Gasteiger partial charge in [-0.25, -0.2) is 0 Å². The first-order valence-corrected chi connectivity index (χ1v) is 6.95. The molecule has 0 aliphatic rings. The van der Waals surface area contributed by atoms with E-state index in [-0.39, 0.29) is 0 Å². The van der Waals surface area contributed by atoms with E-state index in [9.17, 15) is 0 Å². The summed E-state index contributed by atoms with van der Waals surface area (Å²) in [7, 11) is -0.964. The van der Waals surface area contributed by atoms with Gasteiger partial charge in [-0.1, -0.05) is 17.7 Å². The first-order valence-electron chi connectivity index (χ1n) is 4.17. The van der Waals surface area contributed by atoms with Crippen LogP contribution in [0.4, 0.5) is 5.69 Å². The number of nitrogens with one attached hydrogen (secondary N) is 1. The van der Waals surface area contributed by atoms with Crippen LogP contribution in [0.2, 0.25) is 13.1 Å². The van der Waals surface area contributed by atoms with Crippen LogP contribution >= 0.6 is 0 Å². The maximum atomic E-state index is 5.36. The summed E-state index contributed by atoms with van der Waals surface area (Å²) in [6.45, 7) is 6.32. The zero-order chi connectivity index (χ0) is 8.97. The molecule has 0 saturated heterocycles. The Morgan fingerprint density at radius 1 is 1.17 bits per heavy atom. The van der Waals surface area contributed by atoms with E-state index in [2.05, 4.69) is 37.6 Å². The van der Waals surface area contributed by atoms with Crippen LogP contribution < -0.4 is 5.48 Å². The molecule has 0 bridgehead atoms. The van der Waals surface area contributed by atoms with Crippen molar-refractivity contribution in [2.24, 2.45) is 0 Å². The van der Waals surface area contributed by atoms with E-state index in [1.54, 1.807) is 0 Å². The lowest BCUT2D eigenvalue weighted by Gasteiger charge is -2.08. The minimum Gasteiger partial charge on any atom is -0.326 e. The summed E-state index contributed by atoms with van der Waals surface area (Å²) in [6, 6.07) is 8.17. The Labute approximate surface area is 75.2 Å². The fraction of sp³-hybridized carbons (Fsp3) is 0.333. The van der Waals surface area contributed by atoms with E-state index in [1.165, 1.54) is 5.56 Å². The molecule has 0 radical (unpaired) electrons. The Morgan fingerprint density at radius 2 is 1.75 bits per heavy atom. The van der Waals surface area contributed by atoms with Crippen LogP contribution in [0, 0.1) is 6.92 Å². The molecule has 0 aliphatic carbocycles. The van der Waals surface area contributed by atoms with Gasteiger partial charge < -0.3 is 4.53 Å². The van der Waals surface area contributed by atoms with E-state index in [0.29, 0.717) is 0 Å². The first kappa shape index (κ1) is 9.29. The lowest BCUT2D eigenvalue weighted by Crippen LogP contribution is -2.12. The molecule has 0 amide bonds. The van der Waals surface area contributed by atoms with E-state index >= 15 is 0 Å². The van der Waals surface area contributed by atoms with Crippen molar-refractivity contribution in [1.82, 2.24) is 0 Å². The lowest BCUT2D eigenvalue weighted by atomic mass is 10.2. The average molecular weight is 181 g/mol. The number of hydrogen-bond acceptors (Lipinski definition) is 2. The highest BCUT2D eigenvalue weighted by molar-refractivity contribution is 6.48. The van der Waals surface area contributed by atoms with Crippen molar-refractivity contribution in [2.45, 2.75) is 20.0 Å². The molecule has 1 aromatic carbocycles. The van der Waals surface area contributed by atoms with Gasteiger partial charge in [0.15, 0.2) is 0 Å². The Kier molecular flexibility index (Phi) is 3.31. The van der Waals surface area contributed by atoms with E-state index in [4.69, 9.17) is 4.53 Å². The van der Waals surface area contributed by atoms with Gasteiger partial charge in [-0.3, -0.25) is 5.48 Å². The highest BCUT2D eigenvalue weighted by Gasteiger charge is 1.95. The molecule has 66 valence electrons. The van der Waals surface area contributed by atoms with Crippen LogP contribution in [0.5, 0.6) is 0 Å². The Morgan fingerprint density at radius 3 is 2.25 bits per heavy atom. The number of benzene rings is 1. The third-order valence-electron chi connectivity index (χ3n) is 1.46. The van der Waals surface area contributed by atoms with Gasteiger partial charge in [0.1, 0.15) is 0 Å². The van der Waals surface area contributed by atoms with Gasteiger partial charge >= 0.3 is 0 Å². The second-order valence-electron chi connectivity index (χ2n) is 3.13. The van der Waals surface area contributed by atoms with Gasteiger partial charge in [0.05, 0.1) is 5.69 Å². The fourth-order valence-corrected chi connectivity index (χ4v) is 1.18. The van der Waals surface area contributed by atoms with Crippen LogP contribution in [0.15, 0.2) is 24.3 Å². The van der Waals surface area contributed by atoms with Crippen LogP contribution in [-0.2, 0) is 4.53 Å². The SMILES string of the molecule is Cc1ccc(NO[SiH](C)C)cc1. The number of rotatable bonds is 3. The van der Waals surface area contributed by atoms with Gasteiger partial charge in [0, 0.05) is 0 Å². The standard InChI is InChI=1S/C9H15NOSi/c1-8-4-6-9(7-5-8)10-11-12(2)3/h4-7,10,12H,1-3H3. The largest absolute Gasteiger partial charge is 0.326 e. The number of hydrogen-bond donors (Lipinski definition) is 1. The first-order chi connectivity index (χ1) is 5.68. The van der Waals surface area contributed by atoms with Gasteiger partial charge in [0.25, 0.3) is 0 Å². The second kappa shape index (κ2) is 4.28. The van der Waals surface area contributed by atoms with Crippen LogP contribution in [0.3, 0.4) is 0 Å². The lowest BCUT2D eigenvalue weighted by molar-refractivity contribution is 0.419. The van der Waals surface area contributed by atoms with Crippen molar-refractivity contribution in [3.8, 4) is 0 Å².